The number of halogens is 1. The zero-order valence-corrected chi connectivity index (χ0v) is 14.9. The molecule has 0 saturated carbocycles. The first kappa shape index (κ1) is 16.7. The lowest BCUT2D eigenvalue weighted by Gasteiger charge is -2.10. The molecule has 3 rings (SSSR count). The van der Waals surface area contributed by atoms with Crippen LogP contribution in [-0.2, 0) is 7.05 Å². The summed E-state index contributed by atoms with van der Waals surface area (Å²) in [6.45, 7) is 0. The molecule has 0 radical (unpaired) electrons. The molecule has 2 amide bonds. The number of nitrogens with one attached hydrogen (secondary N) is 2. The monoisotopic (exact) mass is 395 g/mol. The molecule has 0 bridgehead atoms. The number of rotatable bonds is 3. The molecule has 25 heavy (non-hydrogen) atoms. The van der Waals surface area contributed by atoms with Crippen molar-refractivity contribution in [3.8, 4) is 17.3 Å². The molecule has 0 aliphatic rings. The Bertz CT molecular complexity index is 954. The summed E-state index contributed by atoms with van der Waals surface area (Å²) in [4.78, 5) is 12.2. The Labute approximate surface area is 153 Å². The predicted molar refractivity (Wildman–Crippen MR) is 100 cm³/mol. The molecule has 0 aliphatic heterocycles. The highest BCUT2D eigenvalue weighted by Gasteiger charge is 2.11. The molecule has 0 spiro atoms. The number of urea groups is 1. The number of carbonyl (C=O) groups excluding carboxylic acids is 1. The van der Waals surface area contributed by atoms with Crippen LogP contribution in [0.15, 0.2) is 59.2 Å². The molecule has 0 aliphatic carbocycles. The van der Waals surface area contributed by atoms with E-state index in [0.717, 1.165) is 15.7 Å². The molecule has 2 N–H and O–H groups in total. The van der Waals surface area contributed by atoms with E-state index in [1.54, 1.807) is 41.2 Å². The maximum absolute atomic E-state index is 12.2. The molecule has 1 heterocycles. The van der Waals surface area contributed by atoms with E-state index in [0.29, 0.717) is 16.9 Å². The highest BCUT2D eigenvalue weighted by atomic mass is 79.9. The SMILES string of the molecule is Cn1ncc(Br)c1-c1cccc(NC(=O)Nc2ccccc2C#N)c1. The molecule has 124 valence electrons. The van der Waals surface area contributed by atoms with E-state index < -0.39 is 6.03 Å². The third-order valence-corrected chi connectivity index (χ3v) is 4.16. The van der Waals surface area contributed by atoms with Crippen LogP contribution in [-0.4, -0.2) is 15.8 Å². The molecular weight excluding hydrogens is 382 g/mol. The third kappa shape index (κ3) is 3.70. The van der Waals surface area contributed by atoms with Crippen molar-refractivity contribution in [2.75, 3.05) is 10.6 Å². The number of nitrogens with zero attached hydrogens (tertiary/aromatic N) is 3. The van der Waals surface area contributed by atoms with Gasteiger partial charge in [0.15, 0.2) is 0 Å². The molecule has 0 unspecified atom stereocenters. The average Bonchev–Trinajstić information content (AvgIpc) is 2.94. The zero-order valence-electron chi connectivity index (χ0n) is 13.3. The average molecular weight is 396 g/mol. The first-order valence-corrected chi connectivity index (χ1v) is 8.23. The van der Waals surface area contributed by atoms with Crippen LogP contribution in [0.5, 0.6) is 0 Å². The Kier molecular flexibility index (Phi) is 4.82. The van der Waals surface area contributed by atoms with Gasteiger partial charge in [0.05, 0.1) is 27.6 Å². The van der Waals surface area contributed by atoms with Gasteiger partial charge in [-0.2, -0.15) is 10.4 Å². The topological polar surface area (TPSA) is 82.7 Å². The second kappa shape index (κ2) is 7.20. The van der Waals surface area contributed by atoms with Gasteiger partial charge in [-0.15, -0.1) is 0 Å². The van der Waals surface area contributed by atoms with Gasteiger partial charge in [-0.05, 0) is 40.2 Å². The van der Waals surface area contributed by atoms with Crippen molar-refractivity contribution >= 4 is 33.3 Å². The molecule has 2 aromatic carbocycles. The van der Waals surface area contributed by atoms with Gasteiger partial charge in [0.2, 0.25) is 0 Å². The smallest absolute Gasteiger partial charge is 0.308 e. The summed E-state index contributed by atoms with van der Waals surface area (Å²) in [5, 5.41) is 18.7. The highest BCUT2D eigenvalue weighted by molar-refractivity contribution is 9.10. The fraction of sp³-hybridized carbons (Fsp3) is 0.0556. The number of amides is 2. The summed E-state index contributed by atoms with van der Waals surface area (Å²) in [5.41, 5.74) is 3.34. The second-order valence-electron chi connectivity index (χ2n) is 5.28. The number of hydrogen-bond acceptors (Lipinski definition) is 3. The molecule has 0 atom stereocenters. The van der Waals surface area contributed by atoms with Gasteiger partial charge in [0.1, 0.15) is 6.07 Å². The number of aromatic nitrogens is 2. The van der Waals surface area contributed by atoms with E-state index in [2.05, 4.69) is 31.7 Å². The van der Waals surface area contributed by atoms with Gasteiger partial charge >= 0.3 is 6.03 Å². The van der Waals surface area contributed by atoms with Crippen LogP contribution >= 0.6 is 15.9 Å². The minimum atomic E-state index is -0.413. The number of benzene rings is 2. The number of carbonyl (C=O) groups is 1. The number of anilines is 2. The summed E-state index contributed by atoms with van der Waals surface area (Å²) in [5.74, 6) is 0. The fourth-order valence-corrected chi connectivity index (χ4v) is 3.03. The van der Waals surface area contributed by atoms with Gasteiger partial charge in [-0.1, -0.05) is 24.3 Å². The van der Waals surface area contributed by atoms with Gasteiger partial charge in [-0.3, -0.25) is 4.68 Å². The minimum Gasteiger partial charge on any atom is -0.308 e. The molecule has 0 fully saturated rings. The summed E-state index contributed by atoms with van der Waals surface area (Å²) < 4.78 is 2.63. The van der Waals surface area contributed by atoms with Crippen LogP contribution in [0, 0.1) is 11.3 Å². The number of para-hydroxylation sites is 1. The van der Waals surface area contributed by atoms with E-state index in [9.17, 15) is 4.79 Å². The Morgan fingerprint density at radius 1 is 1.20 bits per heavy atom. The Hall–Kier alpha value is -3.11. The summed E-state index contributed by atoms with van der Waals surface area (Å²) in [6.07, 6.45) is 1.72. The van der Waals surface area contributed by atoms with Gasteiger partial charge in [0.25, 0.3) is 0 Å². The van der Waals surface area contributed by atoms with E-state index >= 15 is 0 Å². The lowest BCUT2D eigenvalue weighted by molar-refractivity contribution is 0.262. The van der Waals surface area contributed by atoms with E-state index in [1.165, 1.54) is 0 Å². The molecule has 3 aromatic rings. The first-order chi connectivity index (χ1) is 12.1. The number of aryl methyl sites for hydroxylation is 1. The van der Waals surface area contributed by atoms with Crippen molar-refractivity contribution in [3.05, 3.63) is 64.8 Å². The Balaban J connectivity index is 1.79. The van der Waals surface area contributed by atoms with Gasteiger partial charge < -0.3 is 10.6 Å². The normalized spacial score (nSPS) is 10.1. The lowest BCUT2D eigenvalue weighted by atomic mass is 10.1. The van der Waals surface area contributed by atoms with E-state index in [-0.39, 0.29) is 0 Å². The molecule has 1 aromatic heterocycles. The standard InChI is InChI=1S/C18H14BrN5O/c1-24-17(15(19)11-21-24)12-6-4-7-14(9-12)22-18(25)23-16-8-3-2-5-13(16)10-20/h2-9,11H,1H3,(H2,22,23,25). The van der Waals surface area contributed by atoms with Crippen molar-refractivity contribution < 1.29 is 4.79 Å². The van der Waals surface area contributed by atoms with Crippen molar-refractivity contribution in [3.63, 3.8) is 0 Å². The lowest BCUT2D eigenvalue weighted by Crippen LogP contribution is -2.20. The van der Waals surface area contributed by atoms with Gasteiger partial charge in [0, 0.05) is 18.3 Å². The maximum atomic E-state index is 12.2. The van der Waals surface area contributed by atoms with Crippen LogP contribution < -0.4 is 10.6 Å². The third-order valence-electron chi connectivity index (χ3n) is 3.58. The fourth-order valence-electron chi connectivity index (χ4n) is 2.45. The summed E-state index contributed by atoms with van der Waals surface area (Å²) in [6, 6.07) is 15.9. The molecule has 7 heteroatoms. The largest absolute Gasteiger partial charge is 0.323 e. The van der Waals surface area contributed by atoms with Crippen LogP contribution in [0.1, 0.15) is 5.56 Å². The van der Waals surface area contributed by atoms with Crippen LogP contribution in [0.3, 0.4) is 0 Å². The van der Waals surface area contributed by atoms with Gasteiger partial charge in [-0.25, -0.2) is 4.79 Å². The van der Waals surface area contributed by atoms with Crippen LogP contribution in [0.2, 0.25) is 0 Å². The quantitative estimate of drug-likeness (QED) is 0.690. The van der Waals surface area contributed by atoms with Crippen molar-refractivity contribution in [1.29, 1.82) is 5.26 Å². The van der Waals surface area contributed by atoms with Crippen LogP contribution in [0.25, 0.3) is 11.3 Å². The van der Waals surface area contributed by atoms with Crippen molar-refractivity contribution in [2.45, 2.75) is 0 Å². The number of nitriles is 1. The Morgan fingerprint density at radius 2 is 2.00 bits per heavy atom. The zero-order chi connectivity index (χ0) is 17.8. The maximum Gasteiger partial charge on any atom is 0.323 e. The summed E-state index contributed by atoms with van der Waals surface area (Å²) in [7, 11) is 1.85. The van der Waals surface area contributed by atoms with Crippen molar-refractivity contribution in [1.82, 2.24) is 9.78 Å². The first-order valence-electron chi connectivity index (χ1n) is 7.43. The minimum absolute atomic E-state index is 0.408. The molecular formula is C18H14BrN5O. The number of hydrogen-bond donors (Lipinski definition) is 2. The highest BCUT2D eigenvalue weighted by Crippen LogP contribution is 2.29. The Morgan fingerprint density at radius 3 is 2.72 bits per heavy atom. The van der Waals surface area contributed by atoms with E-state index in [4.69, 9.17) is 5.26 Å². The van der Waals surface area contributed by atoms with E-state index in [1.807, 2.05) is 31.3 Å². The van der Waals surface area contributed by atoms with Crippen LogP contribution in [0.4, 0.5) is 16.2 Å². The predicted octanol–water partition coefficient (Wildman–Crippen LogP) is 4.37. The summed E-state index contributed by atoms with van der Waals surface area (Å²) >= 11 is 3.48. The second-order valence-corrected chi connectivity index (χ2v) is 6.14. The van der Waals surface area contributed by atoms with Crippen molar-refractivity contribution in [2.24, 2.45) is 7.05 Å². The molecule has 6 nitrogen and oxygen atoms in total. The molecule has 0 saturated heterocycles.